The van der Waals surface area contributed by atoms with E-state index in [1.54, 1.807) is 31.3 Å². The van der Waals surface area contributed by atoms with Gasteiger partial charge in [-0.2, -0.15) is 0 Å². The van der Waals surface area contributed by atoms with E-state index >= 15 is 0 Å². The molecule has 0 spiro atoms. The third-order valence-corrected chi connectivity index (χ3v) is 6.05. The molecule has 0 saturated heterocycles. The number of benzene rings is 2. The molecule has 0 amide bonds. The van der Waals surface area contributed by atoms with Crippen molar-refractivity contribution in [2.24, 2.45) is 5.16 Å². The highest BCUT2D eigenvalue weighted by atomic mass is 16.6. The summed E-state index contributed by atoms with van der Waals surface area (Å²) in [5.74, 6) is 1.80. The first-order chi connectivity index (χ1) is 17.1. The van der Waals surface area contributed by atoms with E-state index in [0.29, 0.717) is 17.3 Å². The number of rotatable bonds is 8. The summed E-state index contributed by atoms with van der Waals surface area (Å²) in [6, 6.07) is 15.9. The normalized spacial score (nSPS) is 11.5. The molecule has 35 heavy (non-hydrogen) atoms. The Labute approximate surface area is 202 Å². The lowest BCUT2D eigenvalue weighted by Crippen LogP contribution is -2.03. The summed E-state index contributed by atoms with van der Waals surface area (Å²) in [7, 11) is 3.19. The summed E-state index contributed by atoms with van der Waals surface area (Å²) in [6.45, 7) is 5.09. The fourth-order valence-corrected chi connectivity index (χ4v) is 4.12. The Kier molecular flexibility index (Phi) is 6.05. The second-order valence-electron chi connectivity index (χ2n) is 8.14. The second-order valence-corrected chi connectivity index (χ2v) is 8.14. The lowest BCUT2D eigenvalue weighted by Gasteiger charge is -2.07. The quantitative estimate of drug-likeness (QED) is 0.248. The molecule has 0 aliphatic heterocycles. The number of hydrogen-bond acceptors (Lipinski definition) is 7. The number of ether oxygens (including phenoxy) is 2. The van der Waals surface area contributed by atoms with Gasteiger partial charge in [-0.05, 0) is 43.2 Å². The van der Waals surface area contributed by atoms with Gasteiger partial charge in [0.2, 0.25) is 0 Å². The molecule has 5 aromatic rings. The number of oxime groups is 1. The minimum Gasteiger partial charge on any atom is -0.493 e. The first-order valence-corrected chi connectivity index (χ1v) is 11.2. The van der Waals surface area contributed by atoms with Gasteiger partial charge in [-0.15, -0.1) is 5.10 Å². The monoisotopic (exact) mass is 470 g/mol. The smallest absolute Gasteiger partial charge is 0.192 e. The van der Waals surface area contributed by atoms with Gasteiger partial charge in [0.05, 0.1) is 25.8 Å². The van der Waals surface area contributed by atoms with E-state index in [9.17, 15) is 0 Å². The Balaban J connectivity index is 1.37. The number of hydrogen-bond donors (Lipinski definition) is 0. The van der Waals surface area contributed by atoms with Gasteiger partial charge in [-0.3, -0.25) is 0 Å². The van der Waals surface area contributed by atoms with Crippen LogP contribution in [0, 0.1) is 13.8 Å². The Morgan fingerprint density at radius 1 is 0.971 bits per heavy atom. The van der Waals surface area contributed by atoms with Gasteiger partial charge in [0.15, 0.2) is 29.6 Å². The van der Waals surface area contributed by atoms with Gasteiger partial charge in [0, 0.05) is 17.8 Å². The third kappa shape index (κ3) is 4.28. The van der Waals surface area contributed by atoms with E-state index in [2.05, 4.69) is 40.8 Å². The maximum atomic E-state index is 5.47. The molecule has 0 bridgehead atoms. The van der Waals surface area contributed by atoms with Crippen molar-refractivity contribution >= 4 is 22.9 Å². The Bertz CT molecular complexity index is 1520. The molecule has 0 fully saturated rings. The number of fused-ring (bicyclic) bond motifs is 3. The Hall–Kier alpha value is -4.40. The van der Waals surface area contributed by atoms with E-state index in [4.69, 9.17) is 24.3 Å². The van der Waals surface area contributed by atoms with E-state index < -0.39 is 0 Å². The summed E-state index contributed by atoms with van der Waals surface area (Å²) in [5.41, 5.74) is 5.98. The SMILES string of the molecule is COc1ccc(/C=N\OCc2nc3c4c(C)c(C)n(Cc5ccccc5)c4ncn3n2)cc1OC. The van der Waals surface area contributed by atoms with Crippen molar-refractivity contribution in [3.63, 3.8) is 0 Å². The number of aryl methyl sites for hydroxylation is 1. The molecule has 0 unspecified atom stereocenters. The topological polar surface area (TPSA) is 88.1 Å². The van der Waals surface area contributed by atoms with Crippen molar-refractivity contribution < 1.29 is 14.3 Å². The van der Waals surface area contributed by atoms with Crippen LogP contribution in [0.4, 0.5) is 0 Å². The third-order valence-electron chi connectivity index (χ3n) is 6.05. The van der Waals surface area contributed by atoms with Crippen molar-refractivity contribution in [2.75, 3.05) is 14.2 Å². The molecule has 0 aliphatic rings. The molecule has 0 radical (unpaired) electrons. The van der Waals surface area contributed by atoms with Crippen molar-refractivity contribution in [1.29, 1.82) is 0 Å². The van der Waals surface area contributed by atoms with Gasteiger partial charge >= 0.3 is 0 Å². The lowest BCUT2D eigenvalue weighted by atomic mass is 10.2. The van der Waals surface area contributed by atoms with Crippen LogP contribution in [0.2, 0.25) is 0 Å². The molecule has 2 aromatic carbocycles. The fourth-order valence-electron chi connectivity index (χ4n) is 4.12. The van der Waals surface area contributed by atoms with Gasteiger partial charge in [0.1, 0.15) is 12.0 Å². The first-order valence-electron chi connectivity index (χ1n) is 11.2. The zero-order chi connectivity index (χ0) is 24.4. The average Bonchev–Trinajstić information content (AvgIpc) is 3.41. The maximum absolute atomic E-state index is 5.47. The molecular weight excluding hydrogens is 444 g/mol. The lowest BCUT2D eigenvalue weighted by molar-refractivity contribution is 0.126. The van der Waals surface area contributed by atoms with Gasteiger partial charge in [0.25, 0.3) is 0 Å². The Morgan fingerprint density at radius 2 is 1.77 bits per heavy atom. The highest BCUT2D eigenvalue weighted by Gasteiger charge is 2.18. The van der Waals surface area contributed by atoms with Crippen LogP contribution < -0.4 is 9.47 Å². The predicted octanol–water partition coefficient (Wildman–Crippen LogP) is 4.31. The molecule has 3 heterocycles. The molecular formula is C26H26N6O3. The van der Waals surface area contributed by atoms with Crippen LogP contribution in [-0.2, 0) is 18.0 Å². The Morgan fingerprint density at radius 3 is 2.54 bits per heavy atom. The second kappa shape index (κ2) is 9.46. The average molecular weight is 471 g/mol. The highest BCUT2D eigenvalue weighted by Crippen LogP contribution is 2.28. The molecule has 5 rings (SSSR count). The highest BCUT2D eigenvalue weighted by molar-refractivity contribution is 5.94. The van der Waals surface area contributed by atoms with E-state index in [1.807, 2.05) is 36.4 Å². The zero-order valence-electron chi connectivity index (χ0n) is 20.1. The standard InChI is InChI=1S/C26H26N6O3/c1-17-18(2)31(14-19-8-6-5-7-9-19)25-24(17)26-29-23(30-32(26)16-27-25)15-35-28-13-20-10-11-21(33-3)22(12-20)34-4/h5-13,16H,14-15H2,1-4H3/b28-13-. The number of aromatic nitrogens is 5. The summed E-state index contributed by atoms with van der Waals surface area (Å²) in [6.07, 6.45) is 3.30. The van der Waals surface area contributed by atoms with Crippen molar-refractivity contribution in [1.82, 2.24) is 24.1 Å². The summed E-state index contributed by atoms with van der Waals surface area (Å²) in [5, 5.41) is 9.57. The molecule has 178 valence electrons. The fraction of sp³-hybridized carbons (Fsp3) is 0.231. The summed E-state index contributed by atoms with van der Waals surface area (Å²) < 4.78 is 14.5. The minimum atomic E-state index is 0.135. The molecule has 0 saturated carbocycles. The van der Waals surface area contributed by atoms with Crippen LogP contribution in [0.25, 0.3) is 16.7 Å². The van der Waals surface area contributed by atoms with Crippen LogP contribution in [0.3, 0.4) is 0 Å². The van der Waals surface area contributed by atoms with Crippen molar-refractivity contribution in [2.45, 2.75) is 27.0 Å². The van der Waals surface area contributed by atoms with E-state index in [-0.39, 0.29) is 6.61 Å². The molecule has 0 aliphatic carbocycles. The minimum absolute atomic E-state index is 0.135. The van der Waals surface area contributed by atoms with Gasteiger partial charge in [-0.25, -0.2) is 14.5 Å². The first kappa shape index (κ1) is 22.4. The van der Waals surface area contributed by atoms with Crippen LogP contribution in [0.5, 0.6) is 11.5 Å². The summed E-state index contributed by atoms with van der Waals surface area (Å²) in [4.78, 5) is 14.9. The van der Waals surface area contributed by atoms with Crippen LogP contribution in [0.1, 0.15) is 28.2 Å². The zero-order valence-corrected chi connectivity index (χ0v) is 20.1. The predicted molar refractivity (Wildman–Crippen MR) is 133 cm³/mol. The largest absolute Gasteiger partial charge is 0.493 e. The number of nitrogens with zero attached hydrogens (tertiary/aromatic N) is 6. The molecule has 0 N–H and O–H groups in total. The van der Waals surface area contributed by atoms with Crippen LogP contribution >= 0.6 is 0 Å². The molecule has 9 nitrogen and oxygen atoms in total. The molecule has 3 aromatic heterocycles. The molecule has 0 atom stereocenters. The van der Waals surface area contributed by atoms with E-state index in [1.165, 1.54) is 5.56 Å². The maximum Gasteiger partial charge on any atom is 0.192 e. The van der Waals surface area contributed by atoms with Gasteiger partial charge in [-0.1, -0.05) is 35.5 Å². The van der Waals surface area contributed by atoms with Gasteiger partial charge < -0.3 is 18.9 Å². The van der Waals surface area contributed by atoms with Crippen molar-refractivity contribution in [3.8, 4) is 11.5 Å². The number of methoxy groups -OCH3 is 2. The molecule has 9 heteroatoms. The van der Waals surface area contributed by atoms with E-state index in [0.717, 1.165) is 40.0 Å². The summed E-state index contributed by atoms with van der Waals surface area (Å²) >= 11 is 0. The van der Waals surface area contributed by atoms with Crippen LogP contribution in [0.15, 0.2) is 60.0 Å². The van der Waals surface area contributed by atoms with Crippen LogP contribution in [-0.4, -0.2) is 44.6 Å². The van der Waals surface area contributed by atoms with Crippen molar-refractivity contribution in [3.05, 3.63) is 83.1 Å².